The summed E-state index contributed by atoms with van der Waals surface area (Å²) in [6.45, 7) is 6.59. The van der Waals surface area contributed by atoms with E-state index in [1.54, 1.807) is 27.7 Å². The summed E-state index contributed by atoms with van der Waals surface area (Å²) in [4.78, 5) is 22.9. The highest BCUT2D eigenvalue weighted by molar-refractivity contribution is 5.81. The Labute approximate surface area is 116 Å². The average molecular weight is 283 g/mol. The zero-order valence-electron chi connectivity index (χ0n) is 11.9. The number of nitrogens with one attached hydrogen (secondary N) is 1. The van der Waals surface area contributed by atoms with Gasteiger partial charge in [0, 0.05) is 0 Å². The molecule has 5 nitrogen and oxygen atoms in total. The lowest BCUT2D eigenvalue weighted by Gasteiger charge is -2.22. The van der Waals surface area contributed by atoms with Crippen molar-refractivity contribution in [2.75, 3.05) is 0 Å². The summed E-state index contributed by atoms with van der Waals surface area (Å²) in [7, 11) is 0. The summed E-state index contributed by atoms with van der Waals surface area (Å²) >= 11 is 0. The van der Waals surface area contributed by atoms with Crippen molar-refractivity contribution in [3.8, 4) is 0 Å². The lowest BCUT2D eigenvalue weighted by Crippen LogP contribution is -2.38. The van der Waals surface area contributed by atoms with E-state index < -0.39 is 29.5 Å². The third kappa shape index (κ3) is 4.53. The van der Waals surface area contributed by atoms with Gasteiger partial charge in [0.2, 0.25) is 0 Å². The quantitative estimate of drug-likeness (QED) is 0.894. The maximum absolute atomic E-state index is 13.0. The Bertz CT molecular complexity index is 522. The molecule has 0 fully saturated rings. The molecule has 0 aliphatic heterocycles. The van der Waals surface area contributed by atoms with Gasteiger partial charge in [0.1, 0.15) is 11.4 Å². The molecule has 0 heterocycles. The molecular weight excluding hydrogens is 265 g/mol. The van der Waals surface area contributed by atoms with Crippen molar-refractivity contribution >= 4 is 12.1 Å². The second-order valence-corrected chi connectivity index (χ2v) is 5.42. The van der Waals surface area contributed by atoms with Gasteiger partial charge < -0.3 is 15.2 Å². The van der Waals surface area contributed by atoms with Crippen LogP contribution in [0.1, 0.15) is 37.9 Å². The molecule has 0 unspecified atom stereocenters. The lowest BCUT2D eigenvalue weighted by atomic mass is 10.0. The van der Waals surface area contributed by atoms with E-state index in [9.17, 15) is 19.1 Å². The third-order valence-corrected chi connectivity index (χ3v) is 2.45. The molecule has 1 amide bonds. The smallest absolute Gasteiger partial charge is 0.408 e. The summed E-state index contributed by atoms with van der Waals surface area (Å²) in [5, 5.41) is 11.5. The molecule has 0 aliphatic carbocycles. The summed E-state index contributed by atoms with van der Waals surface area (Å²) in [6.07, 6.45) is -0.839. The van der Waals surface area contributed by atoms with Gasteiger partial charge in [0.25, 0.3) is 0 Å². The van der Waals surface area contributed by atoms with E-state index in [4.69, 9.17) is 4.74 Å². The van der Waals surface area contributed by atoms with Gasteiger partial charge in [-0.1, -0.05) is 6.07 Å². The van der Waals surface area contributed by atoms with Crippen LogP contribution >= 0.6 is 0 Å². The van der Waals surface area contributed by atoms with Crippen LogP contribution in [0.5, 0.6) is 0 Å². The molecule has 1 rings (SSSR count). The van der Waals surface area contributed by atoms with Gasteiger partial charge in [0.15, 0.2) is 6.04 Å². The number of halogens is 1. The molecule has 0 radical (unpaired) electrons. The Morgan fingerprint density at radius 2 is 1.95 bits per heavy atom. The maximum Gasteiger partial charge on any atom is 0.408 e. The zero-order chi connectivity index (χ0) is 15.5. The standard InChI is InChI=1S/C14H18FNO4/c1-8-7-9(15)5-6-10(8)11(12(17)18)16-13(19)20-14(2,3)4/h5-7,11H,1-4H3,(H,16,19)(H,17,18)/t11-/m0/s1. The summed E-state index contributed by atoms with van der Waals surface area (Å²) in [6, 6.07) is 2.41. The molecule has 1 aromatic rings. The number of hydrogen-bond acceptors (Lipinski definition) is 3. The molecule has 20 heavy (non-hydrogen) atoms. The fraction of sp³-hybridized carbons (Fsp3) is 0.429. The number of aryl methyl sites for hydroxylation is 1. The Balaban J connectivity index is 2.96. The number of alkyl carbamates (subject to hydrolysis) is 1. The topological polar surface area (TPSA) is 75.6 Å². The highest BCUT2D eigenvalue weighted by Gasteiger charge is 2.26. The minimum Gasteiger partial charge on any atom is -0.479 e. The van der Waals surface area contributed by atoms with Crippen LogP contribution in [0.2, 0.25) is 0 Å². The van der Waals surface area contributed by atoms with E-state index in [-0.39, 0.29) is 0 Å². The summed E-state index contributed by atoms with van der Waals surface area (Å²) < 4.78 is 18.1. The first-order chi connectivity index (χ1) is 9.10. The van der Waals surface area contributed by atoms with Gasteiger partial charge in [0.05, 0.1) is 0 Å². The van der Waals surface area contributed by atoms with Crippen molar-refractivity contribution in [3.05, 3.63) is 35.1 Å². The monoisotopic (exact) mass is 283 g/mol. The minimum absolute atomic E-state index is 0.310. The first-order valence-electron chi connectivity index (χ1n) is 6.08. The Kier molecular flexibility index (Phi) is 4.70. The molecule has 0 saturated heterocycles. The minimum atomic E-state index is -1.29. The molecule has 0 aliphatic rings. The van der Waals surface area contributed by atoms with Crippen LogP contribution in [0.4, 0.5) is 9.18 Å². The van der Waals surface area contributed by atoms with Crippen molar-refractivity contribution in [2.24, 2.45) is 0 Å². The molecule has 0 bridgehead atoms. The van der Waals surface area contributed by atoms with E-state index >= 15 is 0 Å². The summed E-state index contributed by atoms with van der Waals surface area (Å²) in [5.41, 5.74) is 0.0172. The van der Waals surface area contributed by atoms with Crippen molar-refractivity contribution < 1.29 is 23.8 Å². The zero-order valence-corrected chi connectivity index (χ0v) is 11.9. The third-order valence-electron chi connectivity index (χ3n) is 2.45. The van der Waals surface area contributed by atoms with Gasteiger partial charge in [-0.25, -0.2) is 14.0 Å². The molecular formula is C14H18FNO4. The first-order valence-corrected chi connectivity index (χ1v) is 6.08. The number of rotatable bonds is 3. The van der Waals surface area contributed by atoms with Gasteiger partial charge in [-0.2, -0.15) is 0 Å². The Hall–Kier alpha value is -2.11. The second kappa shape index (κ2) is 5.90. The molecule has 1 atom stereocenters. The number of aliphatic carboxylic acids is 1. The number of benzene rings is 1. The van der Waals surface area contributed by atoms with Crippen LogP contribution in [-0.4, -0.2) is 22.8 Å². The van der Waals surface area contributed by atoms with Gasteiger partial charge in [-0.15, -0.1) is 0 Å². The number of amides is 1. The average Bonchev–Trinajstić information content (AvgIpc) is 2.23. The normalized spacial score (nSPS) is 12.7. The fourth-order valence-electron chi connectivity index (χ4n) is 1.66. The van der Waals surface area contributed by atoms with Crippen LogP contribution < -0.4 is 5.32 Å². The van der Waals surface area contributed by atoms with Crippen LogP contribution in [0.3, 0.4) is 0 Å². The molecule has 0 spiro atoms. The van der Waals surface area contributed by atoms with Crippen molar-refractivity contribution in [1.29, 1.82) is 0 Å². The number of carboxylic acid groups (broad SMARTS) is 1. The molecule has 0 aromatic heterocycles. The van der Waals surface area contributed by atoms with Gasteiger partial charge in [-0.05, 0) is 51.0 Å². The molecule has 6 heteroatoms. The Morgan fingerprint density at radius 1 is 1.35 bits per heavy atom. The number of carbonyl (C=O) groups excluding carboxylic acids is 1. The van der Waals surface area contributed by atoms with Crippen molar-refractivity contribution in [1.82, 2.24) is 5.32 Å². The predicted octanol–water partition coefficient (Wildman–Crippen LogP) is 2.78. The maximum atomic E-state index is 13.0. The van der Waals surface area contributed by atoms with E-state index in [2.05, 4.69) is 5.32 Å². The SMILES string of the molecule is Cc1cc(F)ccc1[C@H](NC(=O)OC(C)(C)C)C(=O)O. The van der Waals surface area contributed by atoms with E-state index in [0.717, 1.165) is 6.07 Å². The van der Waals surface area contributed by atoms with E-state index in [1.165, 1.54) is 12.1 Å². The number of hydrogen-bond donors (Lipinski definition) is 2. The first kappa shape index (κ1) is 15.9. The number of carbonyl (C=O) groups is 2. The number of carboxylic acids is 1. The van der Waals surface area contributed by atoms with Crippen LogP contribution in [0.25, 0.3) is 0 Å². The Morgan fingerprint density at radius 3 is 2.40 bits per heavy atom. The summed E-state index contributed by atoms with van der Waals surface area (Å²) in [5.74, 6) is -1.71. The van der Waals surface area contributed by atoms with E-state index in [1.807, 2.05) is 0 Å². The van der Waals surface area contributed by atoms with Gasteiger partial charge >= 0.3 is 12.1 Å². The molecule has 2 N–H and O–H groups in total. The number of ether oxygens (including phenoxy) is 1. The van der Waals surface area contributed by atoms with Crippen LogP contribution in [0, 0.1) is 12.7 Å². The predicted molar refractivity (Wildman–Crippen MR) is 70.9 cm³/mol. The molecule has 0 saturated carbocycles. The molecule has 110 valence electrons. The fourth-order valence-corrected chi connectivity index (χ4v) is 1.66. The lowest BCUT2D eigenvalue weighted by molar-refractivity contribution is -0.139. The molecule has 1 aromatic carbocycles. The highest BCUT2D eigenvalue weighted by atomic mass is 19.1. The van der Waals surface area contributed by atoms with E-state index in [0.29, 0.717) is 11.1 Å². The van der Waals surface area contributed by atoms with Gasteiger partial charge in [-0.3, -0.25) is 0 Å². The van der Waals surface area contributed by atoms with Crippen LogP contribution in [-0.2, 0) is 9.53 Å². The highest BCUT2D eigenvalue weighted by Crippen LogP contribution is 2.20. The van der Waals surface area contributed by atoms with Crippen LogP contribution in [0.15, 0.2) is 18.2 Å². The largest absolute Gasteiger partial charge is 0.479 e. The second-order valence-electron chi connectivity index (χ2n) is 5.42. The van der Waals surface area contributed by atoms with Crippen molar-refractivity contribution in [2.45, 2.75) is 39.3 Å². The van der Waals surface area contributed by atoms with Crippen molar-refractivity contribution in [3.63, 3.8) is 0 Å².